The molecule has 1 aromatic carbocycles. The zero-order valence-corrected chi connectivity index (χ0v) is 14.6. The van der Waals surface area contributed by atoms with Gasteiger partial charge in [-0.25, -0.2) is 0 Å². The van der Waals surface area contributed by atoms with Gasteiger partial charge in [-0.1, -0.05) is 57.9 Å². The summed E-state index contributed by atoms with van der Waals surface area (Å²) < 4.78 is 0. The Morgan fingerprint density at radius 1 is 0.909 bits per heavy atom. The van der Waals surface area contributed by atoms with E-state index in [4.69, 9.17) is 0 Å². The Morgan fingerprint density at radius 3 is 2.05 bits per heavy atom. The number of hydrogen-bond donors (Lipinski definition) is 0. The van der Waals surface area contributed by atoms with E-state index < -0.39 is 0 Å². The van der Waals surface area contributed by atoms with Gasteiger partial charge in [-0.05, 0) is 29.4 Å². The number of hydrogen-bond acceptors (Lipinski definition) is 2. The molecule has 0 spiro atoms. The van der Waals surface area contributed by atoms with Gasteiger partial charge in [-0.3, -0.25) is 9.80 Å². The minimum absolute atomic E-state index is 0.255. The summed E-state index contributed by atoms with van der Waals surface area (Å²) in [6.07, 6.45) is 5.78. The molecule has 2 nitrogen and oxygen atoms in total. The molecular weight excluding hydrogens is 268 g/mol. The molecule has 1 saturated heterocycles. The second kappa shape index (κ2) is 6.72. The van der Waals surface area contributed by atoms with Crippen LogP contribution >= 0.6 is 0 Å². The van der Waals surface area contributed by atoms with E-state index in [9.17, 15) is 0 Å². The minimum Gasteiger partial charge on any atom is -0.298 e. The molecule has 0 unspecified atom stereocenters. The summed E-state index contributed by atoms with van der Waals surface area (Å²) in [5.74, 6) is 0. The fraction of sp³-hybridized carbons (Fsp3) is 0.700. The van der Waals surface area contributed by atoms with Gasteiger partial charge >= 0.3 is 0 Å². The second-order valence-corrected chi connectivity index (χ2v) is 8.20. The lowest BCUT2D eigenvalue weighted by atomic mass is 9.87. The molecule has 1 aliphatic heterocycles. The standard InChI is InChI=1S/C20H32N2/c1-20(2,3)18-10-8-17(9-11-18)16-21-12-14-22(15-13-21)19-6-4-5-7-19/h8-11,19H,4-7,12-16H2,1-3H3. The van der Waals surface area contributed by atoms with Gasteiger partial charge < -0.3 is 0 Å². The number of benzene rings is 1. The number of nitrogens with zero attached hydrogens (tertiary/aromatic N) is 2. The topological polar surface area (TPSA) is 6.48 Å². The molecule has 0 bridgehead atoms. The third kappa shape index (κ3) is 3.91. The molecule has 3 rings (SSSR count). The summed E-state index contributed by atoms with van der Waals surface area (Å²) in [5.41, 5.74) is 3.15. The van der Waals surface area contributed by atoms with Gasteiger partial charge in [0.2, 0.25) is 0 Å². The molecular formula is C20H32N2. The second-order valence-electron chi connectivity index (χ2n) is 8.20. The minimum atomic E-state index is 0.255. The Balaban J connectivity index is 1.50. The van der Waals surface area contributed by atoms with E-state index in [0.717, 1.165) is 12.6 Å². The number of rotatable bonds is 3. The summed E-state index contributed by atoms with van der Waals surface area (Å²) in [4.78, 5) is 5.36. The smallest absolute Gasteiger partial charge is 0.0234 e. The zero-order chi connectivity index (χ0) is 15.6. The Kier molecular flexibility index (Phi) is 4.89. The maximum atomic E-state index is 2.74. The highest BCUT2D eigenvalue weighted by Gasteiger charge is 2.26. The lowest BCUT2D eigenvalue weighted by Gasteiger charge is -2.38. The Bertz CT molecular complexity index is 457. The Labute approximate surface area is 136 Å². The fourth-order valence-corrected chi connectivity index (χ4v) is 3.92. The van der Waals surface area contributed by atoms with Gasteiger partial charge in [-0.15, -0.1) is 0 Å². The quantitative estimate of drug-likeness (QED) is 0.831. The van der Waals surface area contributed by atoms with Crippen LogP contribution in [0.25, 0.3) is 0 Å². The van der Waals surface area contributed by atoms with Crippen LogP contribution in [0, 0.1) is 0 Å². The molecule has 0 amide bonds. The fourth-order valence-electron chi connectivity index (χ4n) is 3.92. The highest BCUT2D eigenvalue weighted by Crippen LogP contribution is 2.25. The third-order valence-corrected chi connectivity index (χ3v) is 5.47. The first-order valence-corrected chi connectivity index (χ1v) is 9.08. The maximum Gasteiger partial charge on any atom is 0.0234 e. The maximum absolute atomic E-state index is 2.74. The Morgan fingerprint density at radius 2 is 1.50 bits per heavy atom. The van der Waals surface area contributed by atoms with Gasteiger partial charge in [0.05, 0.1) is 0 Å². The van der Waals surface area contributed by atoms with Crippen molar-refractivity contribution in [3.8, 4) is 0 Å². The zero-order valence-electron chi connectivity index (χ0n) is 14.6. The molecule has 0 N–H and O–H groups in total. The van der Waals surface area contributed by atoms with Crippen molar-refractivity contribution in [3.63, 3.8) is 0 Å². The molecule has 0 aromatic heterocycles. The predicted octanol–water partition coefficient (Wildman–Crippen LogP) is 4.04. The monoisotopic (exact) mass is 300 g/mol. The molecule has 1 aromatic rings. The highest BCUT2D eigenvalue weighted by molar-refractivity contribution is 5.27. The van der Waals surface area contributed by atoms with Crippen LogP contribution in [0.3, 0.4) is 0 Å². The first-order chi connectivity index (χ1) is 10.5. The van der Waals surface area contributed by atoms with Crippen LogP contribution in [0.15, 0.2) is 24.3 Å². The average molecular weight is 300 g/mol. The molecule has 2 heteroatoms. The van der Waals surface area contributed by atoms with Crippen molar-refractivity contribution in [2.24, 2.45) is 0 Å². The lowest BCUT2D eigenvalue weighted by molar-refractivity contribution is 0.0937. The van der Waals surface area contributed by atoms with Crippen molar-refractivity contribution in [1.29, 1.82) is 0 Å². The van der Waals surface area contributed by atoms with E-state index in [1.54, 1.807) is 0 Å². The first-order valence-electron chi connectivity index (χ1n) is 9.08. The molecule has 122 valence electrons. The molecule has 1 heterocycles. The van der Waals surface area contributed by atoms with Crippen LogP contribution < -0.4 is 0 Å². The normalized spacial score (nSPS) is 22.3. The summed E-state index contributed by atoms with van der Waals surface area (Å²) in [7, 11) is 0. The van der Waals surface area contributed by atoms with E-state index in [1.165, 1.54) is 63.0 Å². The van der Waals surface area contributed by atoms with Crippen molar-refractivity contribution in [3.05, 3.63) is 35.4 Å². The Hall–Kier alpha value is -0.860. The van der Waals surface area contributed by atoms with Gasteiger partial charge in [-0.2, -0.15) is 0 Å². The molecule has 1 aliphatic carbocycles. The van der Waals surface area contributed by atoms with Crippen LogP contribution in [0.2, 0.25) is 0 Å². The third-order valence-electron chi connectivity index (χ3n) is 5.47. The van der Waals surface area contributed by atoms with Gasteiger partial charge in [0.15, 0.2) is 0 Å². The molecule has 22 heavy (non-hydrogen) atoms. The summed E-state index contributed by atoms with van der Waals surface area (Å²) in [5, 5.41) is 0. The van der Waals surface area contributed by atoms with E-state index in [2.05, 4.69) is 54.8 Å². The molecule has 2 fully saturated rings. The summed E-state index contributed by atoms with van der Waals surface area (Å²) in [6, 6.07) is 10.2. The van der Waals surface area contributed by atoms with E-state index in [1.807, 2.05) is 0 Å². The van der Waals surface area contributed by atoms with Crippen molar-refractivity contribution < 1.29 is 0 Å². The van der Waals surface area contributed by atoms with E-state index >= 15 is 0 Å². The van der Waals surface area contributed by atoms with Crippen LogP contribution in [0.5, 0.6) is 0 Å². The number of piperazine rings is 1. The molecule has 0 atom stereocenters. The SMILES string of the molecule is CC(C)(C)c1ccc(CN2CCN(C3CCCC3)CC2)cc1. The summed E-state index contributed by atoms with van der Waals surface area (Å²) >= 11 is 0. The predicted molar refractivity (Wildman–Crippen MR) is 94.2 cm³/mol. The van der Waals surface area contributed by atoms with Crippen molar-refractivity contribution >= 4 is 0 Å². The summed E-state index contributed by atoms with van der Waals surface area (Å²) in [6.45, 7) is 13.0. The molecule has 1 saturated carbocycles. The van der Waals surface area contributed by atoms with Crippen LogP contribution in [0.1, 0.15) is 57.6 Å². The van der Waals surface area contributed by atoms with E-state index in [-0.39, 0.29) is 5.41 Å². The van der Waals surface area contributed by atoms with Crippen molar-refractivity contribution in [1.82, 2.24) is 9.80 Å². The van der Waals surface area contributed by atoms with Gasteiger partial charge in [0.1, 0.15) is 0 Å². The average Bonchev–Trinajstić information content (AvgIpc) is 3.02. The molecule has 0 radical (unpaired) electrons. The first kappa shape index (κ1) is 16.0. The molecule has 2 aliphatic rings. The van der Waals surface area contributed by atoms with Crippen LogP contribution in [-0.4, -0.2) is 42.0 Å². The van der Waals surface area contributed by atoms with Crippen molar-refractivity contribution in [2.75, 3.05) is 26.2 Å². The van der Waals surface area contributed by atoms with Crippen LogP contribution in [-0.2, 0) is 12.0 Å². The lowest BCUT2D eigenvalue weighted by Crippen LogP contribution is -2.49. The van der Waals surface area contributed by atoms with Gasteiger partial charge in [0, 0.05) is 38.8 Å². The van der Waals surface area contributed by atoms with Crippen LogP contribution in [0.4, 0.5) is 0 Å². The highest BCUT2D eigenvalue weighted by atomic mass is 15.3. The van der Waals surface area contributed by atoms with E-state index in [0.29, 0.717) is 0 Å². The largest absolute Gasteiger partial charge is 0.298 e. The van der Waals surface area contributed by atoms with Gasteiger partial charge in [0.25, 0.3) is 0 Å². The van der Waals surface area contributed by atoms with Crippen molar-refractivity contribution in [2.45, 2.75) is 64.5 Å².